The van der Waals surface area contributed by atoms with Crippen molar-refractivity contribution in [3.05, 3.63) is 44.0 Å². The van der Waals surface area contributed by atoms with Crippen LogP contribution in [0.3, 0.4) is 0 Å². The number of pyridine rings is 1. The quantitative estimate of drug-likeness (QED) is 0.781. The van der Waals surface area contributed by atoms with Crippen molar-refractivity contribution >= 4 is 11.2 Å². The molecule has 4 rings (SSSR count). The lowest BCUT2D eigenvalue weighted by Crippen LogP contribution is -2.46. The molecule has 2 aliphatic rings. The van der Waals surface area contributed by atoms with Crippen molar-refractivity contribution in [2.24, 2.45) is 0 Å². The smallest absolute Gasteiger partial charge is 0.354 e. The summed E-state index contributed by atoms with van der Waals surface area (Å²) in [5.41, 5.74) is 1.01. The molecular formula is C19H26FN5O2. The van der Waals surface area contributed by atoms with Gasteiger partial charge in [0.1, 0.15) is 0 Å². The number of anilines is 1. The Morgan fingerprint density at radius 1 is 1.30 bits per heavy atom. The van der Waals surface area contributed by atoms with E-state index >= 15 is 4.39 Å². The zero-order valence-electron chi connectivity index (χ0n) is 16.0. The molecule has 3 N–H and O–H groups in total. The number of aromatic nitrogens is 2. The number of nitrogens with zero attached hydrogens (tertiary/aromatic N) is 3. The normalized spacial score (nSPS) is 21.2. The van der Waals surface area contributed by atoms with Crippen LogP contribution in [0, 0.1) is 12.7 Å². The van der Waals surface area contributed by atoms with Crippen molar-refractivity contribution in [2.45, 2.75) is 57.5 Å². The van der Waals surface area contributed by atoms with Crippen molar-refractivity contribution in [3.63, 3.8) is 0 Å². The van der Waals surface area contributed by atoms with Gasteiger partial charge in [0, 0.05) is 29.8 Å². The van der Waals surface area contributed by atoms with Gasteiger partial charge in [-0.15, -0.1) is 0 Å². The van der Waals surface area contributed by atoms with E-state index in [-0.39, 0.29) is 18.0 Å². The molecule has 7 nitrogen and oxygen atoms in total. The van der Waals surface area contributed by atoms with E-state index in [1.54, 1.807) is 6.92 Å². The molecule has 1 saturated carbocycles. The van der Waals surface area contributed by atoms with E-state index < -0.39 is 17.1 Å². The molecule has 0 amide bonds. The third kappa shape index (κ3) is 2.65. The Labute approximate surface area is 156 Å². The van der Waals surface area contributed by atoms with Gasteiger partial charge in [-0.05, 0) is 52.5 Å². The van der Waals surface area contributed by atoms with Gasteiger partial charge in [0.15, 0.2) is 5.82 Å². The van der Waals surface area contributed by atoms with Gasteiger partial charge >= 0.3 is 5.69 Å². The molecule has 2 aromatic rings. The average molecular weight is 375 g/mol. The van der Waals surface area contributed by atoms with Crippen molar-refractivity contribution in [1.29, 1.82) is 0 Å². The lowest BCUT2D eigenvalue weighted by Gasteiger charge is -2.33. The van der Waals surface area contributed by atoms with Gasteiger partial charge in [0.05, 0.1) is 17.4 Å². The number of aryl methyl sites for hydroxylation is 1. The van der Waals surface area contributed by atoms with E-state index in [1.807, 2.05) is 7.05 Å². The summed E-state index contributed by atoms with van der Waals surface area (Å²) in [5, 5.41) is 3.26. The predicted octanol–water partition coefficient (Wildman–Crippen LogP) is 1.08. The summed E-state index contributed by atoms with van der Waals surface area (Å²) in [7, 11) is 1.90. The van der Waals surface area contributed by atoms with Crippen LogP contribution in [0.25, 0.3) is 5.52 Å². The highest BCUT2D eigenvalue weighted by atomic mass is 19.1. The minimum atomic E-state index is -0.713. The van der Waals surface area contributed by atoms with E-state index in [4.69, 9.17) is 5.84 Å². The second-order valence-corrected chi connectivity index (χ2v) is 7.80. The maximum Gasteiger partial charge on any atom is 0.354 e. The van der Waals surface area contributed by atoms with Crippen molar-refractivity contribution in [1.82, 2.24) is 14.4 Å². The molecule has 0 bridgehead atoms. The molecule has 1 saturated heterocycles. The van der Waals surface area contributed by atoms with Crippen molar-refractivity contribution < 1.29 is 4.39 Å². The Hall–Kier alpha value is -2.35. The van der Waals surface area contributed by atoms with E-state index in [0.717, 1.165) is 32.2 Å². The van der Waals surface area contributed by atoms with E-state index in [1.165, 1.54) is 10.6 Å². The molecule has 3 heterocycles. The molecule has 1 aliphatic carbocycles. The maximum atomic E-state index is 15.2. The van der Waals surface area contributed by atoms with Crippen LogP contribution in [0.5, 0.6) is 0 Å². The molecule has 2 unspecified atom stereocenters. The molecule has 27 heavy (non-hydrogen) atoms. The van der Waals surface area contributed by atoms with Crippen LogP contribution in [0.4, 0.5) is 10.1 Å². The van der Waals surface area contributed by atoms with Crippen LogP contribution in [0.15, 0.2) is 15.8 Å². The van der Waals surface area contributed by atoms with E-state index in [0.29, 0.717) is 27.0 Å². The second kappa shape index (κ2) is 6.37. The fraction of sp³-hybridized carbons (Fsp3) is 0.579. The highest BCUT2D eigenvalue weighted by Crippen LogP contribution is 2.42. The second-order valence-electron chi connectivity index (χ2n) is 7.80. The van der Waals surface area contributed by atoms with Gasteiger partial charge in [0.2, 0.25) is 0 Å². The molecular weight excluding hydrogens is 349 g/mol. The van der Waals surface area contributed by atoms with Gasteiger partial charge in [0.25, 0.3) is 5.56 Å². The van der Waals surface area contributed by atoms with Crippen LogP contribution in [0.1, 0.15) is 49.7 Å². The van der Waals surface area contributed by atoms with Crippen LogP contribution in [-0.2, 0) is 0 Å². The standard InChI is InChI=1S/C19H26FN5O2/c1-10-16(23-8-4-5-14(23)11(2)22-3)13(20)9-24-17(10)15(12-6-7-12)18(26)25(21)19(24)27/h9,11-12,14,22H,4-8,21H2,1-3H3. The third-order valence-corrected chi connectivity index (χ3v) is 6.14. The highest BCUT2D eigenvalue weighted by molar-refractivity contribution is 5.73. The summed E-state index contributed by atoms with van der Waals surface area (Å²) in [5.74, 6) is 5.31. The predicted molar refractivity (Wildman–Crippen MR) is 104 cm³/mol. The lowest BCUT2D eigenvalue weighted by molar-refractivity contribution is 0.482. The number of rotatable bonds is 4. The molecule has 146 valence electrons. The summed E-state index contributed by atoms with van der Waals surface area (Å²) in [6, 6.07) is 0.362. The first-order valence-electron chi connectivity index (χ1n) is 9.56. The van der Waals surface area contributed by atoms with E-state index in [9.17, 15) is 9.59 Å². The zero-order chi connectivity index (χ0) is 19.5. The average Bonchev–Trinajstić information content (AvgIpc) is 3.37. The largest absolute Gasteiger partial charge is 0.364 e. The SMILES string of the molecule is CNC(C)C1CCCN1c1c(F)cn2c(=O)n(N)c(=O)c(C3CC3)c2c1C. The Morgan fingerprint density at radius 3 is 2.63 bits per heavy atom. The van der Waals surface area contributed by atoms with Crippen LogP contribution in [-0.4, -0.2) is 34.8 Å². The molecule has 2 atom stereocenters. The molecule has 0 spiro atoms. The first kappa shape index (κ1) is 18.0. The summed E-state index contributed by atoms with van der Waals surface area (Å²) in [6.07, 6.45) is 4.91. The summed E-state index contributed by atoms with van der Waals surface area (Å²) < 4.78 is 17.0. The summed E-state index contributed by atoms with van der Waals surface area (Å²) in [4.78, 5) is 27.3. The van der Waals surface area contributed by atoms with Gasteiger partial charge < -0.3 is 16.1 Å². The van der Waals surface area contributed by atoms with Gasteiger partial charge in [-0.2, -0.15) is 4.68 Å². The van der Waals surface area contributed by atoms with Crippen molar-refractivity contribution in [2.75, 3.05) is 24.3 Å². The summed E-state index contributed by atoms with van der Waals surface area (Å²) in [6.45, 7) is 4.64. The molecule has 2 aromatic heterocycles. The van der Waals surface area contributed by atoms with E-state index in [2.05, 4.69) is 17.1 Å². The fourth-order valence-electron chi connectivity index (χ4n) is 4.50. The number of halogens is 1. The maximum absolute atomic E-state index is 15.2. The number of nitrogen functional groups attached to an aromatic ring is 1. The van der Waals surface area contributed by atoms with Gasteiger partial charge in [-0.25, -0.2) is 9.18 Å². The third-order valence-electron chi connectivity index (χ3n) is 6.14. The molecule has 2 fully saturated rings. The van der Waals surface area contributed by atoms with Gasteiger partial charge in [-0.3, -0.25) is 9.20 Å². The number of hydrogen-bond acceptors (Lipinski definition) is 5. The number of nitrogens with one attached hydrogen (secondary N) is 1. The first-order chi connectivity index (χ1) is 12.9. The zero-order valence-corrected chi connectivity index (χ0v) is 16.0. The number of fused-ring (bicyclic) bond motifs is 1. The Morgan fingerprint density at radius 2 is 2.00 bits per heavy atom. The minimum Gasteiger partial charge on any atom is -0.364 e. The van der Waals surface area contributed by atoms with Crippen LogP contribution < -0.4 is 27.3 Å². The lowest BCUT2D eigenvalue weighted by atomic mass is 10.0. The first-order valence-corrected chi connectivity index (χ1v) is 9.56. The molecule has 0 aromatic carbocycles. The Kier molecular flexibility index (Phi) is 4.25. The monoisotopic (exact) mass is 375 g/mol. The summed E-state index contributed by atoms with van der Waals surface area (Å²) >= 11 is 0. The number of likely N-dealkylation sites (N-methyl/N-ethyl adjacent to an activating group) is 1. The highest BCUT2D eigenvalue weighted by Gasteiger charge is 2.35. The number of hydrogen-bond donors (Lipinski definition) is 2. The van der Waals surface area contributed by atoms with Gasteiger partial charge in [-0.1, -0.05) is 0 Å². The Bertz CT molecular complexity index is 1020. The molecule has 1 aliphatic heterocycles. The topological polar surface area (TPSA) is 84.8 Å². The van der Waals surface area contributed by atoms with Crippen LogP contribution >= 0.6 is 0 Å². The molecule has 0 radical (unpaired) electrons. The van der Waals surface area contributed by atoms with Crippen molar-refractivity contribution in [3.8, 4) is 0 Å². The van der Waals surface area contributed by atoms with Crippen LogP contribution in [0.2, 0.25) is 0 Å². The Balaban J connectivity index is 2.01. The fourth-order valence-corrected chi connectivity index (χ4v) is 4.50. The molecule has 8 heteroatoms. The number of nitrogens with two attached hydrogens (primary N) is 1. The minimum absolute atomic E-state index is 0.0884.